The topological polar surface area (TPSA) is 82.9 Å². The first-order valence-corrected chi connectivity index (χ1v) is 15.1. The second-order valence-electron chi connectivity index (χ2n) is 9.64. The van der Waals surface area contributed by atoms with E-state index in [1.54, 1.807) is 28.2 Å². The van der Waals surface area contributed by atoms with Crippen molar-refractivity contribution in [2.75, 3.05) is 7.11 Å². The maximum absolute atomic E-state index is 13.8. The molecule has 1 saturated heterocycles. The van der Waals surface area contributed by atoms with Crippen LogP contribution in [0.5, 0.6) is 0 Å². The Balaban J connectivity index is 1.68. The van der Waals surface area contributed by atoms with Crippen molar-refractivity contribution in [2.24, 2.45) is 5.92 Å². The van der Waals surface area contributed by atoms with Crippen molar-refractivity contribution in [2.45, 2.75) is 56.3 Å². The van der Waals surface area contributed by atoms with E-state index >= 15 is 0 Å². The van der Waals surface area contributed by atoms with Crippen molar-refractivity contribution in [1.29, 1.82) is 0 Å². The monoisotopic (exact) mass is 615 g/mol. The van der Waals surface area contributed by atoms with Gasteiger partial charge in [-0.05, 0) is 0 Å². The van der Waals surface area contributed by atoms with E-state index in [0.717, 1.165) is 5.56 Å². The second kappa shape index (κ2) is 13.7. The van der Waals surface area contributed by atoms with Crippen LogP contribution in [0.15, 0.2) is 79.4 Å². The molecule has 10 heteroatoms. The molecule has 0 saturated carbocycles. The minimum absolute atomic E-state index is 0.0307. The Morgan fingerprint density at radius 2 is 1.79 bits per heavy atom. The van der Waals surface area contributed by atoms with Crippen molar-refractivity contribution in [3.63, 3.8) is 0 Å². The number of esters is 1. The third-order valence-electron chi connectivity index (χ3n) is 6.63. The standard InChI is InChI=1S/C29H33N3O5SSe/c1-20(2)26-27(39-23-12-8-5-9-13-23)24(37-29(38)31-15-14-30-19-31)16-22(17-25(33)35-3)32(26)28(34)36-18-21-10-6-4-7-11-21/h4-15,19-20,22,24,26-27H,16-18H2,1-3H3/t22-,24+,26-,27+/m0/s1. The molecule has 0 N–H and O–H groups in total. The van der Waals surface area contributed by atoms with Gasteiger partial charge < -0.3 is 0 Å². The summed E-state index contributed by atoms with van der Waals surface area (Å²) in [5.74, 6) is -0.343. The summed E-state index contributed by atoms with van der Waals surface area (Å²) >= 11 is 5.54. The third-order valence-corrected chi connectivity index (χ3v) is 9.88. The Bertz CT molecular complexity index is 1230. The van der Waals surface area contributed by atoms with Crippen molar-refractivity contribution in [3.8, 4) is 0 Å². The van der Waals surface area contributed by atoms with Crippen LogP contribution in [0, 0.1) is 5.92 Å². The van der Waals surface area contributed by atoms with Crippen LogP contribution < -0.4 is 4.46 Å². The molecule has 1 aromatic heterocycles. The number of rotatable bonds is 8. The van der Waals surface area contributed by atoms with Crippen LogP contribution in [0.3, 0.4) is 0 Å². The second-order valence-corrected chi connectivity index (χ2v) is 12.6. The molecule has 2 heterocycles. The van der Waals surface area contributed by atoms with E-state index in [9.17, 15) is 9.59 Å². The van der Waals surface area contributed by atoms with Crippen LogP contribution in [0.4, 0.5) is 4.79 Å². The zero-order chi connectivity index (χ0) is 27.8. The third kappa shape index (κ3) is 7.47. The fraction of sp³-hybridized carbons (Fsp3) is 0.379. The number of imidazole rings is 1. The number of carbonyl (C=O) groups is 2. The first-order chi connectivity index (χ1) is 18.9. The van der Waals surface area contributed by atoms with Gasteiger partial charge in [-0.1, -0.05) is 0 Å². The maximum atomic E-state index is 13.8. The van der Waals surface area contributed by atoms with E-state index in [1.807, 2.05) is 48.5 Å². The number of benzene rings is 2. The Morgan fingerprint density at radius 3 is 2.41 bits per heavy atom. The average Bonchev–Trinajstić information content (AvgIpc) is 3.49. The summed E-state index contributed by atoms with van der Waals surface area (Å²) in [5.41, 5.74) is 0.894. The van der Waals surface area contributed by atoms with E-state index < -0.39 is 18.1 Å². The minimum atomic E-state index is -0.480. The van der Waals surface area contributed by atoms with Crippen LogP contribution in [0.2, 0.25) is 4.82 Å². The molecule has 2 aromatic carbocycles. The summed E-state index contributed by atoms with van der Waals surface area (Å²) in [6.07, 6.45) is 4.64. The zero-order valence-electron chi connectivity index (χ0n) is 22.2. The summed E-state index contributed by atoms with van der Waals surface area (Å²) in [7, 11) is 1.35. The molecule has 206 valence electrons. The molecule has 0 unspecified atom stereocenters. The van der Waals surface area contributed by atoms with Gasteiger partial charge in [0.2, 0.25) is 0 Å². The van der Waals surface area contributed by atoms with Crippen molar-refractivity contribution in [3.05, 3.63) is 84.9 Å². The zero-order valence-corrected chi connectivity index (χ0v) is 24.7. The molecule has 0 spiro atoms. The van der Waals surface area contributed by atoms with Gasteiger partial charge in [-0.3, -0.25) is 0 Å². The molecule has 8 nitrogen and oxygen atoms in total. The number of hydrogen-bond acceptors (Lipinski definition) is 7. The molecular formula is C29H33N3O5SSe. The molecule has 0 radical (unpaired) electrons. The number of ether oxygens (including phenoxy) is 3. The van der Waals surface area contributed by atoms with Crippen LogP contribution >= 0.6 is 12.2 Å². The SMILES string of the molecule is COC(=O)C[C@@H]1C[C@@H](OC(=S)n2ccnc2)[C@@H]([Se]c2ccccc2)[C@H](C(C)C)N1C(=O)OCc1ccccc1. The molecule has 39 heavy (non-hydrogen) atoms. The van der Waals surface area contributed by atoms with Crippen LogP contribution in [-0.2, 0) is 25.6 Å². The van der Waals surface area contributed by atoms with Gasteiger partial charge in [0.15, 0.2) is 0 Å². The molecule has 1 aliphatic heterocycles. The molecule has 3 aromatic rings. The summed E-state index contributed by atoms with van der Waals surface area (Å²) in [6.45, 7) is 4.31. The predicted molar refractivity (Wildman–Crippen MR) is 153 cm³/mol. The van der Waals surface area contributed by atoms with Gasteiger partial charge in [0.1, 0.15) is 0 Å². The van der Waals surface area contributed by atoms with Gasteiger partial charge in [-0.25, -0.2) is 0 Å². The van der Waals surface area contributed by atoms with Gasteiger partial charge in [-0.15, -0.1) is 0 Å². The van der Waals surface area contributed by atoms with E-state index in [2.05, 4.69) is 31.0 Å². The van der Waals surface area contributed by atoms with Gasteiger partial charge in [0.05, 0.1) is 0 Å². The van der Waals surface area contributed by atoms with Gasteiger partial charge in [0, 0.05) is 0 Å². The Morgan fingerprint density at radius 1 is 1.10 bits per heavy atom. The Labute approximate surface area is 240 Å². The molecule has 0 aliphatic carbocycles. The molecule has 1 amide bonds. The molecule has 1 aliphatic rings. The summed E-state index contributed by atoms with van der Waals surface area (Å²) < 4.78 is 20.1. The fourth-order valence-electron chi connectivity index (χ4n) is 4.83. The van der Waals surface area contributed by atoms with Crippen molar-refractivity contribution in [1.82, 2.24) is 14.5 Å². The quantitative estimate of drug-likeness (QED) is 0.214. The summed E-state index contributed by atoms with van der Waals surface area (Å²) in [4.78, 5) is 32.1. The Hall–Kier alpha value is -3.20. The van der Waals surface area contributed by atoms with Crippen molar-refractivity contribution < 1.29 is 23.8 Å². The number of carbonyl (C=O) groups excluding carboxylic acids is 2. The van der Waals surface area contributed by atoms with Gasteiger partial charge in [0.25, 0.3) is 0 Å². The average molecular weight is 615 g/mol. The fourth-order valence-corrected chi connectivity index (χ4v) is 8.28. The number of piperidine rings is 1. The van der Waals surface area contributed by atoms with E-state index in [-0.39, 0.29) is 56.0 Å². The molecule has 0 bridgehead atoms. The van der Waals surface area contributed by atoms with E-state index in [1.165, 1.54) is 11.6 Å². The number of likely N-dealkylation sites (tertiary alicyclic amines) is 1. The number of amides is 1. The molecule has 4 atom stereocenters. The number of thiocarbonyl (C=S) groups is 1. The van der Waals surface area contributed by atoms with Gasteiger partial charge >= 0.3 is 241 Å². The van der Waals surface area contributed by atoms with E-state index in [4.69, 9.17) is 26.4 Å². The number of hydrogen-bond donors (Lipinski definition) is 0. The first kappa shape index (κ1) is 28.8. The molecule has 4 rings (SSSR count). The predicted octanol–water partition coefficient (Wildman–Crippen LogP) is 4.22. The normalized spacial score (nSPS) is 20.9. The number of aromatic nitrogens is 2. The number of methoxy groups -OCH3 is 1. The van der Waals surface area contributed by atoms with Crippen molar-refractivity contribution >= 4 is 48.9 Å². The summed E-state index contributed by atoms with van der Waals surface area (Å²) in [6, 6.07) is 19.0. The molecular weight excluding hydrogens is 581 g/mol. The van der Waals surface area contributed by atoms with Crippen LogP contribution in [0.1, 0.15) is 32.3 Å². The summed E-state index contributed by atoms with van der Waals surface area (Å²) in [5, 5.41) is 0.283. The van der Waals surface area contributed by atoms with E-state index in [0.29, 0.717) is 6.42 Å². The van der Waals surface area contributed by atoms with Gasteiger partial charge in [-0.2, -0.15) is 0 Å². The molecule has 1 fully saturated rings. The first-order valence-electron chi connectivity index (χ1n) is 12.8. The van der Waals surface area contributed by atoms with Crippen LogP contribution in [0.25, 0.3) is 0 Å². The van der Waals surface area contributed by atoms with Crippen LogP contribution in [-0.4, -0.2) is 71.9 Å². The number of nitrogens with zero attached hydrogens (tertiary/aromatic N) is 3. The Kier molecular flexibility index (Phi) is 10.1.